The summed E-state index contributed by atoms with van der Waals surface area (Å²) in [6, 6.07) is 0. The first-order valence-corrected chi connectivity index (χ1v) is 7.59. The van der Waals surface area contributed by atoms with E-state index < -0.39 is 0 Å². The van der Waals surface area contributed by atoms with Crippen LogP contribution in [0.25, 0.3) is 0 Å². The molecule has 1 rings (SSSR count). The summed E-state index contributed by atoms with van der Waals surface area (Å²) in [5.74, 6) is 0.684. The van der Waals surface area contributed by atoms with Gasteiger partial charge >= 0.3 is 0 Å². The Kier molecular flexibility index (Phi) is 7.29. The van der Waals surface area contributed by atoms with Crippen molar-refractivity contribution in [3.63, 3.8) is 0 Å². The van der Waals surface area contributed by atoms with Crippen LogP contribution in [0.4, 0.5) is 0 Å². The summed E-state index contributed by atoms with van der Waals surface area (Å²) < 4.78 is 5.54. The molecule has 1 aliphatic rings. The summed E-state index contributed by atoms with van der Waals surface area (Å²) in [6.45, 7) is 7.99. The molecule has 0 amide bonds. The number of nitrogens with zero attached hydrogens (tertiary/aromatic N) is 1. The Bertz CT molecular complexity index is 244. The summed E-state index contributed by atoms with van der Waals surface area (Å²) in [5.41, 5.74) is -0.120. The Labute approximate surface area is 118 Å². The molecule has 1 aliphatic heterocycles. The minimum Gasteiger partial charge on any atom is -0.394 e. The number of aliphatic hydroxyl groups excluding tert-OH is 1. The minimum atomic E-state index is -0.120. The highest BCUT2D eigenvalue weighted by Crippen LogP contribution is 2.20. The van der Waals surface area contributed by atoms with Gasteiger partial charge in [0.25, 0.3) is 0 Å². The molecule has 1 heterocycles. The highest BCUT2D eigenvalue weighted by atomic mass is 16.5. The second-order valence-corrected chi connectivity index (χ2v) is 6.27. The Morgan fingerprint density at radius 3 is 2.74 bits per heavy atom. The van der Waals surface area contributed by atoms with E-state index in [0.717, 1.165) is 25.9 Å². The lowest BCUT2D eigenvalue weighted by Gasteiger charge is -2.36. The van der Waals surface area contributed by atoms with Crippen molar-refractivity contribution in [3.05, 3.63) is 0 Å². The van der Waals surface area contributed by atoms with Crippen molar-refractivity contribution in [3.8, 4) is 0 Å². The normalized spacial score (nSPS) is 28.3. The average molecular weight is 272 g/mol. The number of rotatable bonds is 8. The summed E-state index contributed by atoms with van der Waals surface area (Å²) >= 11 is 0. The minimum absolute atomic E-state index is 0.120. The van der Waals surface area contributed by atoms with Crippen molar-refractivity contribution >= 4 is 0 Å². The third-order valence-electron chi connectivity index (χ3n) is 4.68. The van der Waals surface area contributed by atoms with Crippen LogP contribution < -0.4 is 5.32 Å². The van der Waals surface area contributed by atoms with E-state index in [-0.39, 0.29) is 12.1 Å². The molecule has 19 heavy (non-hydrogen) atoms. The van der Waals surface area contributed by atoms with Crippen LogP contribution in [0.5, 0.6) is 0 Å². The Balaban J connectivity index is 2.19. The molecule has 4 heteroatoms. The maximum Gasteiger partial charge on any atom is 0.0724 e. The second-order valence-electron chi connectivity index (χ2n) is 6.27. The number of ether oxygens (including phenoxy) is 1. The van der Waals surface area contributed by atoms with Gasteiger partial charge in [0.05, 0.1) is 12.7 Å². The molecule has 0 aromatic rings. The number of likely N-dealkylation sites (N-methyl/N-ethyl adjacent to an activating group) is 1. The smallest absolute Gasteiger partial charge is 0.0724 e. The van der Waals surface area contributed by atoms with Gasteiger partial charge in [0.15, 0.2) is 0 Å². The number of unbranched alkanes of at least 4 members (excludes halogenated alkanes) is 1. The molecule has 0 aromatic heterocycles. The molecule has 0 bridgehead atoms. The standard InChI is InChI=1S/C15H32N2O2/c1-13-7-10-17(11-14(13)19-4)9-6-5-8-15(2,12-18)16-3/h13-14,16,18H,5-12H2,1-4H3. The van der Waals surface area contributed by atoms with Gasteiger partial charge in [0.2, 0.25) is 0 Å². The number of aliphatic hydroxyl groups is 1. The highest BCUT2D eigenvalue weighted by Gasteiger charge is 2.25. The monoisotopic (exact) mass is 272 g/mol. The average Bonchev–Trinajstić information content (AvgIpc) is 2.45. The summed E-state index contributed by atoms with van der Waals surface area (Å²) in [7, 11) is 3.75. The maximum absolute atomic E-state index is 9.34. The van der Waals surface area contributed by atoms with Gasteiger partial charge in [-0.05, 0) is 52.2 Å². The highest BCUT2D eigenvalue weighted by molar-refractivity contribution is 4.81. The number of piperidine rings is 1. The molecule has 0 radical (unpaired) electrons. The van der Waals surface area contributed by atoms with E-state index in [4.69, 9.17) is 4.74 Å². The zero-order valence-electron chi connectivity index (χ0n) is 13.1. The van der Waals surface area contributed by atoms with E-state index in [1.807, 2.05) is 14.2 Å². The molecular formula is C15H32N2O2. The van der Waals surface area contributed by atoms with Gasteiger partial charge in [0.1, 0.15) is 0 Å². The van der Waals surface area contributed by atoms with Gasteiger partial charge in [-0.1, -0.05) is 13.3 Å². The van der Waals surface area contributed by atoms with Crippen molar-refractivity contribution in [1.82, 2.24) is 10.2 Å². The zero-order valence-corrected chi connectivity index (χ0v) is 13.1. The van der Waals surface area contributed by atoms with Gasteiger partial charge in [-0.15, -0.1) is 0 Å². The van der Waals surface area contributed by atoms with Crippen LogP contribution in [-0.2, 0) is 4.74 Å². The molecule has 1 saturated heterocycles. The predicted molar refractivity (Wildman–Crippen MR) is 79.4 cm³/mol. The van der Waals surface area contributed by atoms with Crippen LogP contribution >= 0.6 is 0 Å². The van der Waals surface area contributed by atoms with Gasteiger partial charge < -0.3 is 20.1 Å². The quantitative estimate of drug-likeness (QED) is 0.657. The fourth-order valence-electron chi connectivity index (χ4n) is 2.74. The fraction of sp³-hybridized carbons (Fsp3) is 1.00. The van der Waals surface area contributed by atoms with E-state index in [1.54, 1.807) is 0 Å². The van der Waals surface area contributed by atoms with Crippen molar-refractivity contribution in [2.24, 2.45) is 5.92 Å². The molecule has 3 unspecified atom stereocenters. The third-order valence-corrected chi connectivity index (χ3v) is 4.68. The molecule has 0 saturated carbocycles. The maximum atomic E-state index is 9.34. The lowest BCUT2D eigenvalue weighted by molar-refractivity contribution is -0.00543. The predicted octanol–water partition coefficient (Wildman–Crippen LogP) is 1.48. The van der Waals surface area contributed by atoms with Crippen molar-refractivity contribution in [2.45, 2.75) is 51.2 Å². The van der Waals surface area contributed by atoms with Crippen LogP contribution in [0.1, 0.15) is 39.5 Å². The number of nitrogens with one attached hydrogen (secondary N) is 1. The zero-order chi connectivity index (χ0) is 14.3. The first-order valence-electron chi connectivity index (χ1n) is 7.59. The molecule has 0 aliphatic carbocycles. The van der Waals surface area contributed by atoms with Crippen LogP contribution in [0.3, 0.4) is 0 Å². The lowest BCUT2D eigenvalue weighted by atomic mass is 9.94. The van der Waals surface area contributed by atoms with Gasteiger partial charge in [0, 0.05) is 19.2 Å². The summed E-state index contributed by atoms with van der Waals surface area (Å²) in [4.78, 5) is 2.52. The number of hydrogen-bond donors (Lipinski definition) is 2. The molecule has 4 nitrogen and oxygen atoms in total. The fourth-order valence-corrected chi connectivity index (χ4v) is 2.74. The Morgan fingerprint density at radius 1 is 1.42 bits per heavy atom. The molecule has 114 valence electrons. The summed E-state index contributed by atoms with van der Waals surface area (Å²) in [5, 5.41) is 12.5. The molecule has 0 spiro atoms. The summed E-state index contributed by atoms with van der Waals surface area (Å²) in [6.07, 6.45) is 5.01. The van der Waals surface area contributed by atoms with E-state index in [0.29, 0.717) is 12.0 Å². The number of hydrogen-bond acceptors (Lipinski definition) is 4. The SMILES string of the molecule is CNC(C)(CO)CCCCN1CCC(C)C(OC)C1. The van der Waals surface area contributed by atoms with Gasteiger partial charge in [-0.25, -0.2) is 0 Å². The van der Waals surface area contributed by atoms with Gasteiger partial charge in [-0.2, -0.15) is 0 Å². The van der Waals surface area contributed by atoms with Crippen molar-refractivity contribution in [2.75, 3.05) is 40.4 Å². The van der Waals surface area contributed by atoms with Crippen LogP contribution in [0.15, 0.2) is 0 Å². The lowest BCUT2D eigenvalue weighted by Crippen LogP contribution is -2.45. The first-order chi connectivity index (χ1) is 9.04. The Morgan fingerprint density at radius 2 is 2.16 bits per heavy atom. The van der Waals surface area contributed by atoms with Crippen LogP contribution in [0, 0.1) is 5.92 Å². The van der Waals surface area contributed by atoms with Crippen LogP contribution in [0.2, 0.25) is 0 Å². The number of methoxy groups -OCH3 is 1. The molecule has 1 fully saturated rings. The Hall–Kier alpha value is -0.160. The van der Waals surface area contributed by atoms with Gasteiger partial charge in [-0.3, -0.25) is 0 Å². The molecule has 3 atom stereocenters. The van der Waals surface area contributed by atoms with E-state index in [2.05, 4.69) is 24.1 Å². The second kappa shape index (κ2) is 8.20. The molecule has 0 aromatic carbocycles. The van der Waals surface area contributed by atoms with Crippen molar-refractivity contribution in [1.29, 1.82) is 0 Å². The van der Waals surface area contributed by atoms with Crippen LogP contribution in [-0.4, -0.2) is 62.0 Å². The number of likely N-dealkylation sites (tertiary alicyclic amines) is 1. The third kappa shape index (κ3) is 5.38. The largest absolute Gasteiger partial charge is 0.394 e. The first kappa shape index (κ1) is 16.9. The van der Waals surface area contributed by atoms with Crippen molar-refractivity contribution < 1.29 is 9.84 Å². The van der Waals surface area contributed by atoms with E-state index in [1.165, 1.54) is 19.4 Å². The molecular weight excluding hydrogens is 240 g/mol. The van der Waals surface area contributed by atoms with E-state index >= 15 is 0 Å². The topological polar surface area (TPSA) is 44.7 Å². The van der Waals surface area contributed by atoms with E-state index in [9.17, 15) is 5.11 Å². The molecule has 2 N–H and O–H groups in total.